The number of carbonyl (C=O) groups is 1. The maximum atomic E-state index is 11.8. The number of benzene rings is 2. The lowest BCUT2D eigenvalue weighted by atomic mass is 10.2. The first kappa shape index (κ1) is 15.7. The molecule has 21 heavy (non-hydrogen) atoms. The second-order valence-electron chi connectivity index (χ2n) is 4.69. The van der Waals surface area contributed by atoms with Crippen molar-refractivity contribution in [2.45, 2.75) is 12.7 Å². The average molecular weight is 322 g/mol. The predicted molar refractivity (Wildman–Crippen MR) is 89.1 cm³/mol. The van der Waals surface area contributed by atoms with Gasteiger partial charge in [-0.1, -0.05) is 41.4 Å². The summed E-state index contributed by atoms with van der Waals surface area (Å²) in [6.07, 6.45) is 0. The number of nitrogens with one attached hydrogen (secondary N) is 1. The van der Waals surface area contributed by atoms with E-state index in [2.05, 4.69) is 29.6 Å². The van der Waals surface area contributed by atoms with E-state index in [9.17, 15) is 9.90 Å². The summed E-state index contributed by atoms with van der Waals surface area (Å²) in [7, 11) is 0. The third-order valence-corrected chi connectivity index (χ3v) is 4.09. The predicted octanol–water partition coefficient (Wildman–Crippen LogP) is 4.23. The average Bonchev–Trinajstić information content (AvgIpc) is 2.45. The first-order valence-corrected chi connectivity index (χ1v) is 7.99. The van der Waals surface area contributed by atoms with Crippen LogP contribution in [0.4, 0.5) is 5.69 Å². The van der Waals surface area contributed by atoms with Gasteiger partial charge in [-0.2, -0.15) is 0 Å². The fourth-order valence-electron chi connectivity index (χ4n) is 1.74. The molecule has 2 rings (SSSR count). The van der Waals surface area contributed by atoms with Crippen LogP contribution in [0.1, 0.15) is 11.1 Å². The number of rotatable bonds is 5. The van der Waals surface area contributed by atoms with Crippen molar-refractivity contribution in [3.05, 3.63) is 58.6 Å². The number of carbonyl (C=O) groups excluding carboxylic acids is 1. The minimum atomic E-state index is -0.162. The van der Waals surface area contributed by atoms with Crippen LogP contribution < -0.4 is 5.32 Å². The number of hydrogen-bond donors (Lipinski definition) is 2. The van der Waals surface area contributed by atoms with Crippen LogP contribution in [-0.2, 0) is 10.5 Å². The largest absolute Gasteiger partial charge is 0.506 e. The molecule has 0 atom stereocenters. The summed E-state index contributed by atoms with van der Waals surface area (Å²) in [5.74, 6) is 0.940. The number of anilines is 1. The third-order valence-electron chi connectivity index (χ3n) is 2.86. The van der Waals surface area contributed by atoms with Crippen molar-refractivity contribution in [2.75, 3.05) is 11.1 Å². The number of hydrogen-bond acceptors (Lipinski definition) is 3. The van der Waals surface area contributed by atoms with Gasteiger partial charge in [0.2, 0.25) is 5.91 Å². The van der Waals surface area contributed by atoms with E-state index in [1.165, 1.54) is 35.0 Å². The molecule has 2 N–H and O–H groups in total. The van der Waals surface area contributed by atoms with Crippen molar-refractivity contribution in [3.8, 4) is 5.75 Å². The lowest BCUT2D eigenvalue weighted by molar-refractivity contribution is -0.113. The number of phenolic OH excluding ortho intramolecular Hbond substituents is 1. The van der Waals surface area contributed by atoms with E-state index in [4.69, 9.17) is 11.6 Å². The van der Waals surface area contributed by atoms with Gasteiger partial charge in [0.15, 0.2) is 0 Å². The smallest absolute Gasteiger partial charge is 0.234 e. The number of phenols is 1. The van der Waals surface area contributed by atoms with Gasteiger partial charge in [-0.15, -0.1) is 11.8 Å². The lowest BCUT2D eigenvalue weighted by Gasteiger charge is -2.07. The Balaban J connectivity index is 1.82. The first-order chi connectivity index (χ1) is 10.0. The van der Waals surface area contributed by atoms with Gasteiger partial charge in [-0.05, 0) is 30.7 Å². The second-order valence-corrected chi connectivity index (χ2v) is 6.11. The molecule has 1 amide bonds. The molecular formula is C16H16ClNO2S. The van der Waals surface area contributed by atoms with Crippen molar-refractivity contribution < 1.29 is 9.90 Å². The Hall–Kier alpha value is -1.65. The summed E-state index contributed by atoms with van der Waals surface area (Å²) in [5.41, 5.74) is 2.74. The number of aryl methyl sites for hydroxylation is 1. The van der Waals surface area contributed by atoms with Crippen molar-refractivity contribution >= 4 is 35.0 Å². The van der Waals surface area contributed by atoms with Crippen molar-refractivity contribution in [2.24, 2.45) is 0 Å². The molecule has 0 bridgehead atoms. The number of thioether (sulfide) groups is 1. The Morgan fingerprint density at radius 2 is 1.95 bits per heavy atom. The Morgan fingerprint density at radius 3 is 2.67 bits per heavy atom. The second kappa shape index (κ2) is 7.38. The van der Waals surface area contributed by atoms with E-state index in [0.29, 0.717) is 16.5 Å². The molecule has 0 radical (unpaired) electrons. The summed E-state index contributed by atoms with van der Waals surface area (Å²) >= 11 is 7.35. The number of amides is 1. The molecule has 0 saturated heterocycles. The van der Waals surface area contributed by atoms with Crippen LogP contribution in [0.5, 0.6) is 5.75 Å². The molecule has 0 aliphatic carbocycles. The Bertz CT molecular complexity index is 629. The maximum absolute atomic E-state index is 11.8. The fraction of sp³-hybridized carbons (Fsp3) is 0.188. The Morgan fingerprint density at radius 1 is 1.24 bits per heavy atom. The van der Waals surface area contributed by atoms with Crippen LogP contribution in [0.15, 0.2) is 42.5 Å². The van der Waals surface area contributed by atoms with Crippen LogP contribution in [0.2, 0.25) is 5.02 Å². The molecule has 3 nitrogen and oxygen atoms in total. The quantitative estimate of drug-likeness (QED) is 0.810. The van der Waals surface area contributed by atoms with Gasteiger partial charge < -0.3 is 10.4 Å². The molecule has 0 unspecified atom stereocenters. The van der Waals surface area contributed by atoms with E-state index in [-0.39, 0.29) is 11.7 Å². The third kappa shape index (κ3) is 4.99. The molecule has 0 aliphatic rings. The van der Waals surface area contributed by atoms with Crippen LogP contribution >= 0.6 is 23.4 Å². The summed E-state index contributed by atoms with van der Waals surface area (Å²) in [5, 5.41) is 12.8. The minimum absolute atomic E-state index is 0.0104. The van der Waals surface area contributed by atoms with Gasteiger partial charge in [-0.25, -0.2) is 0 Å². The minimum Gasteiger partial charge on any atom is -0.506 e. The molecule has 0 heterocycles. The van der Waals surface area contributed by atoms with Gasteiger partial charge in [0, 0.05) is 10.8 Å². The molecule has 2 aromatic rings. The van der Waals surface area contributed by atoms with Gasteiger partial charge in [0.25, 0.3) is 0 Å². The zero-order valence-electron chi connectivity index (χ0n) is 11.6. The van der Waals surface area contributed by atoms with Crippen LogP contribution in [0.3, 0.4) is 0 Å². The van der Waals surface area contributed by atoms with Crippen molar-refractivity contribution in [3.63, 3.8) is 0 Å². The maximum Gasteiger partial charge on any atom is 0.234 e. The van der Waals surface area contributed by atoms with E-state index >= 15 is 0 Å². The topological polar surface area (TPSA) is 49.3 Å². The van der Waals surface area contributed by atoms with E-state index in [1.54, 1.807) is 6.07 Å². The Labute approximate surface area is 133 Å². The molecule has 0 fully saturated rings. The van der Waals surface area contributed by atoms with Crippen LogP contribution in [-0.4, -0.2) is 16.8 Å². The first-order valence-electron chi connectivity index (χ1n) is 6.46. The zero-order chi connectivity index (χ0) is 15.2. The highest BCUT2D eigenvalue weighted by atomic mass is 35.5. The molecular weight excluding hydrogens is 306 g/mol. The highest BCUT2D eigenvalue weighted by Crippen LogP contribution is 2.26. The fourth-order valence-corrected chi connectivity index (χ4v) is 2.70. The SMILES string of the molecule is Cc1ccc(CSCC(=O)Nc2cc(Cl)ccc2O)cc1. The molecule has 0 aliphatic heterocycles. The van der Waals surface area contributed by atoms with Crippen molar-refractivity contribution in [1.82, 2.24) is 0 Å². The molecule has 0 aromatic heterocycles. The summed E-state index contributed by atoms with van der Waals surface area (Å²) < 4.78 is 0. The highest BCUT2D eigenvalue weighted by molar-refractivity contribution is 7.99. The van der Waals surface area contributed by atoms with E-state index in [1.807, 2.05) is 6.92 Å². The normalized spacial score (nSPS) is 10.4. The highest BCUT2D eigenvalue weighted by Gasteiger charge is 2.07. The molecule has 0 spiro atoms. The molecule has 0 saturated carbocycles. The van der Waals surface area contributed by atoms with Crippen LogP contribution in [0, 0.1) is 6.92 Å². The summed E-state index contributed by atoms with van der Waals surface area (Å²) in [6.45, 7) is 2.04. The van der Waals surface area contributed by atoms with Crippen LogP contribution in [0.25, 0.3) is 0 Å². The molecule has 2 aromatic carbocycles. The monoisotopic (exact) mass is 321 g/mol. The summed E-state index contributed by atoms with van der Waals surface area (Å²) in [4.78, 5) is 11.8. The van der Waals surface area contributed by atoms with Gasteiger partial charge in [0.05, 0.1) is 11.4 Å². The molecule has 110 valence electrons. The van der Waals surface area contributed by atoms with Gasteiger partial charge >= 0.3 is 0 Å². The lowest BCUT2D eigenvalue weighted by Crippen LogP contribution is -2.14. The Kier molecular flexibility index (Phi) is 5.53. The summed E-state index contributed by atoms with van der Waals surface area (Å²) in [6, 6.07) is 12.8. The standard InChI is InChI=1S/C16H16ClNO2S/c1-11-2-4-12(5-3-11)9-21-10-16(20)18-14-8-13(17)6-7-15(14)19/h2-8,19H,9-10H2,1H3,(H,18,20). The zero-order valence-corrected chi connectivity index (χ0v) is 13.2. The van der Waals surface area contributed by atoms with Gasteiger partial charge in [0.1, 0.15) is 5.75 Å². The molecule has 5 heteroatoms. The number of aromatic hydroxyl groups is 1. The van der Waals surface area contributed by atoms with E-state index < -0.39 is 0 Å². The van der Waals surface area contributed by atoms with Gasteiger partial charge in [-0.3, -0.25) is 4.79 Å². The van der Waals surface area contributed by atoms with E-state index in [0.717, 1.165) is 5.75 Å². The number of halogens is 1. The van der Waals surface area contributed by atoms with Crippen molar-refractivity contribution in [1.29, 1.82) is 0 Å².